The van der Waals surface area contributed by atoms with E-state index in [1.807, 2.05) is 18.3 Å². The van der Waals surface area contributed by atoms with Crippen molar-refractivity contribution >= 4 is 10.8 Å². The average molecular weight is 406 g/mol. The Morgan fingerprint density at radius 2 is 1.58 bits per heavy atom. The number of nitrogens with zero attached hydrogens (tertiary/aromatic N) is 3. The van der Waals surface area contributed by atoms with E-state index in [0.717, 1.165) is 22.6 Å². The number of fused-ring (bicyclic) bond motifs is 6. The van der Waals surface area contributed by atoms with Crippen LogP contribution in [-0.2, 0) is 10.8 Å². The van der Waals surface area contributed by atoms with Crippen molar-refractivity contribution in [2.75, 3.05) is 0 Å². The van der Waals surface area contributed by atoms with Gasteiger partial charge in [-0.05, 0) is 58.9 Å². The molecule has 2 atom stereocenters. The molecule has 3 heteroatoms. The van der Waals surface area contributed by atoms with E-state index >= 15 is 0 Å². The van der Waals surface area contributed by atoms with Gasteiger partial charge in [0, 0.05) is 34.4 Å². The lowest BCUT2D eigenvalue weighted by Crippen LogP contribution is -2.37. The van der Waals surface area contributed by atoms with Crippen LogP contribution >= 0.6 is 0 Å². The number of benzene rings is 2. The van der Waals surface area contributed by atoms with E-state index in [4.69, 9.17) is 9.97 Å². The molecule has 1 fully saturated rings. The maximum Gasteiger partial charge on any atom is 0.160 e. The van der Waals surface area contributed by atoms with Crippen molar-refractivity contribution in [1.29, 1.82) is 0 Å². The summed E-state index contributed by atoms with van der Waals surface area (Å²) in [6.07, 6.45) is 6.36. The molecule has 0 radical (unpaired) electrons. The molecule has 4 aromatic rings. The lowest BCUT2D eigenvalue weighted by Gasteiger charge is -2.38. The second-order valence-electron chi connectivity index (χ2n) is 10.2. The van der Waals surface area contributed by atoms with Gasteiger partial charge in [-0.1, -0.05) is 58.0 Å². The Labute approximate surface area is 183 Å². The van der Waals surface area contributed by atoms with Gasteiger partial charge in [0.25, 0.3) is 0 Å². The van der Waals surface area contributed by atoms with Crippen molar-refractivity contribution < 1.29 is 0 Å². The van der Waals surface area contributed by atoms with Gasteiger partial charge in [-0.2, -0.15) is 0 Å². The fraction of sp³-hybridized carbons (Fsp3) is 0.321. The Morgan fingerprint density at radius 1 is 0.806 bits per heavy atom. The van der Waals surface area contributed by atoms with Crippen molar-refractivity contribution in [3.05, 3.63) is 78.2 Å². The number of rotatable bonds is 2. The first-order valence-electron chi connectivity index (χ1n) is 11.2. The van der Waals surface area contributed by atoms with Crippen LogP contribution in [0.5, 0.6) is 0 Å². The molecule has 2 unspecified atom stereocenters. The van der Waals surface area contributed by atoms with Crippen molar-refractivity contribution in [2.45, 2.75) is 51.4 Å². The van der Waals surface area contributed by atoms with E-state index in [1.54, 1.807) is 0 Å². The zero-order valence-corrected chi connectivity index (χ0v) is 18.6. The number of aromatic nitrogens is 3. The van der Waals surface area contributed by atoms with Crippen molar-refractivity contribution in [1.82, 2.24) is 15.0 Å². The molecule has 2 aromatic heterocycles. The van der Waals surface area contributed by atoms with Gasteiger partial charge >= 0.3 is 0 Å². The largest absolute Gasteiger partial charge is 0.256 e. The molecule has 31 heavy (non-hydrogen) atoms. The Balaban J connectivity index is 1.60. The van der Waals surface area contributed by atoms with Gasteiger partial charge in [-0.3, -0.25) is 4.98 Å². The summed E-state index contributed by atoms with van der Waals surface area (Å²) in [4.78, 5) is 14.8. The summed E-state index contributed by atoms with van der Waals surface area (Å²) in [6.45, 7) is 9.64. The van der Waals surface area contributed by atoms with E-state index in [0.29, 0.717) is 0 Å². The molecule has 2 aliphatic rings. The lowest BCUT2D eigenvalue weighted by molar-refractivity contribution is 0.170. The van der Waals surface area contributed by atoms with Crippen LogP contribution in [0.25, 0.3) is 33.4 Å². The molecule has 0 N–H and O–H groups in total. The summed E-state index contributed by atoms with van der Waals surface area (Å²) in [6, 6.07) is 19.0. The van der Waals surface area contributed by atoms with Gasteiger partial charge in [0.1, 0.15) is 0 Å². The normalized spacial score (nSPS) is 25.7. The fourth-order valence-corrected chi connectivity index (χ4v) is 6.13. The predicted molar refractivity (Wildman–Crippen MR) is 126 cm³/mol. The summed E-state index contributed by atoms with van der Waals surface area (Å²) >= 11 is 0. The predicted octanol–water partition coefficient (Wildman–Crippen LogP) is 6.71. The molecule has 0 amide bonds. The van der Waals surface area contributed by atoms with Crippen LogP contribution in [0.3, 0.4) is 0 Å². The van der Waals surface area contributed by atoms with Crippen LogP contribution < -0.4 is 0 Å². The Kier molecular flexibility index (Phi) is 3.62. The first kappa shape index (κ1) is 18.7. The minimum Gasteiger partial charge on any atom is -0.256 e. The van der Waals surface area contributed by atoms with Crippen LogP contribution in [0.4, 0.5) is 0 Å². The molecule has 6 rings (SSSR count). The highest BCUT2D eigenvalue weighted by atomic mass is 14.9. The molecule has 2 heterocycles. The highest BCUT2D eigenvalue weighted by Gasteiger charge is 2.66. The molecule has 0 spiro atoms. The van der Waals surface area contributed by atoms with Crippen molar-refractivity contribution in [3.8, 4) is 22.6 Å². The minimum atomic E-state index is 0.0865. The number of pyridine rings is 1. The molecule has 0 saturated heterocycles. The summed E-state index contributed by atoms with van der Waals surface area (Å²) in [5.74, 6) is 0.820. The molecule has 3 nitrogen and oxygen atoms in total. The molecule has 1 saturated carbocycles. The molecule has 2 aliphatic carbocycles. The summed E-state index contributed by atoms with van der Waals surface area (Å²) < 4.78 is 0. The lowest BCUT2D eigenvalue weighted by atomic mass is 9.64. The summed E-state index contributed by atoms with van der Waals surface area (Å²) in [7, 11) is 0. The first-order valence-corrected chi connectivity index (χ1v) is 11.2. The third kappa shape index (κ3) is 2.27. The smallest absolute Gasteiger partial charge is 0.160 e. The Hall–Kier alpha value is -3.07. The molecule has 0 aliphatic heterocycles. The Bertz CT molecular complexity index is 1340. The van der Waals surface area contributed by atoms with E-state index in [-0.39, 0.29) is 16.2 Å². The second kappa shape index (κ2) is 6.00. The molecule has 154 valence electrons. The van der Waals surface area contributed by atoms with Crippen LogP contribution in [0.1, 0.15) is 51.8 Å². The van der Waals surface area contributed by atoms with Crippen LogP contribution in [-0.4, -0.2) is 15.0 Å². The zero-order chi connectivity index (χ0) is 21.4. The van der Waals surface area contributed by atoms with Gasteiger partial charge in [0.05, 0.1) is 11.4 Å². The topological polar surface area (TPSA) is 38.7 Å². The number of hydrogen-bond acceptors (Lipinski definition) is 3. The quantitative estimate of drug-likeness (QED) is 0.372. The fourth-order valence-electron chi connectivity index (χ4n) is 6.13. The third-order valence-electron chi connectivity index (χ3n) is 8.85. The first-order chi connectivity index (χ1) is 14.9. The maximum atomic E-state index is 5.27. The van der Waals surface area contributed by atoms with Crippen molar-refractivity contribution in [3.63, 3.8) is 0 Å². The van der Waals surface area contributed by atoms with E-state index in [2.05, 4.69) is 81.3 Å². The monoisotopic (exact) mass is 405 g/mol. The standard InChI is InChI=1S/C28H27N3/c1-26(2)27(3)12-13-28(26,4)24-22(27)17-30-25(31-24)21-16-19(23-11-7-8-14-29-23)15-18-9-5-6-10-20(18)21/h5-11,14-17H,12-13H2,1-4H3. The molecule has 2 aromatic carbocycles. The van der Waals surface area contributed by atoms with Gasteiger partial charge in [0.15, 0.2) is 5.82 Å². The molecular weight excluding hydrogens is 378 g/mol. The van der Waals surface area contributed by atoms with Crippen LogP contribution in [0.15, 0.2) is 67.0 Å². The molecular formula is C28H27N3. The third-order valence-corrected chi connectivity index (χ3v) is 8.85. The second-order valence-corrected chi connectivity index (χ2v) is 10.2. The van der Waals surface area contributed by atoms with Gasteiger partial charge in [-0.25, -0.2) is 9.97 Å². The minimum absolute atomic E-state index is 0.0865. The van der Waals surface area contributed by atoms with Gasteiger partial charge < -0.3 is 0 Å². The van der Waals surface area contributed by atoms with E-state index in [9.17, 15) is 0 Å². The van der Waals surface area contributed by atoms with Gasteiger partial charge in [0.2, 0.25) is 0 Å². The van der Waals surface area contributed by atoms with Crippen molar-refractivity contribution in [2.24, 2.45) is 5.41 Å². The average Bonchev–Trinajstić information content (AvgIpc) is 3.06. The highest BCUT2D eigenvalue weighted by Crippen LogP contribution is 2.70. The summed E-state index contributed by atoms with van der Waals surface area (Å²) in [5, 5.41) is 2.37. The van der Waals surface area contributed by atoms with Crippen LogP contribution in [0.2, 0.25) is 0 Å². The SMILES string of the molecule is CC12CCC(C)(c3nc(-c4cc(-c5ccccn5)cc5ccccc45)ncc31)C2(C)C. The summed E-state index contributed by atoms with van der Waals surface area (Å²) in [5.41, 5.74) is 6.15. The Morgan fingerprint density at radius 3 is 2.39 bits per heavy atom. The van der Waals surface area contributed by atoms with Crippen LogP contribution in [0, 0.1) is 5.41 Å². The molecule has 2 bridgehead atoms. The zero-order valence-electron chi connectivity index (χ0n) is 18.6. The highest BCUT2D eigenvalue weighted by molar-refractivity contribution is 5.98. The van der Waals surface area contributed by atoms with E-state index < -0.39 is 0 Å². The number of hydrogen-bond donors (Lipinski definition) is 0. The van der Waals surface area contributed by atoms with E-state index in [1.165, 1.54) is 34.9 Å². The van der Waals surface area contributed by atoms with Gasteiger partial charge in [-0.15, -0.1) is 0 Å². The maximum absolute atomic E-state index is 5.27.